The van der Waals surface area contributed by atoms with Crippen LogP contribution in [0, 0.1) is 11.9 Å². The molecule has 5 heterocycles. The molecule has 0 saturated carbocycles. The van der Waals surface area contributed by atoms with Crippen molar-refractivity contribution in [2.45, 2.75) is 31.8 Å². The largest absolute Gasteiger partial charge is 0.431 e. The van der Waals surface area contributed by atoms with Gasteiger partial charge in [0.2, 0.25) is 0 Å². The van der Waals surface area contributed by atoms with E-state index in [0.717, 1.165) is 25.9 Å². The third-order valence-corrected chi connectivity index (χ3v) is 5.08. The molecule has 3 aliphatic rings. The number of hydrogen-bond acceptors (Lipinski definition) is 4. The second kappa shape index (κ2) is 5.05. The van der Waals surface area contributed by atoms with Crippen LogP contribution >= 0.6 is 0 Å². The predicted molar refractivity (Wildman–Crippen MR) is 79.0 cm³/mol. The number of halogens is 1. The number of amides is 1. The van der Waals surface area contributed by atoms with Crippen molar-refractivity contribution in [3.63, 3.8) is 0 Å². The van der Waals surface area contributed by atoms with Gasteiger partial charge in [0.25, 0.3) is 11.9 Å². The molecule has 2 bridgehead atoms. The topological polar surface area (TPSA) is 58.4 Å². The van der Waals surface area contributed by atoms with Crippen LogP contribution < -0.4 is 5.32 Å². The third kappa shape index (κ3) is 2.18. The van der Waals surface area contributed by atoms with Crippen molar-refractivity contribution in [2.75, 3.05) is 13.1 Å². The number of furan rings is 1. The fourth-order valence-corrected chi connectivity index (χ4v) is 3.80. The number of carbonyl (C=O) groups excluding carboxylic acids is 1. The first-order valence-corrected chi connectivity index (χ1v) is 7.72. The SMILES string of the molecule is CC1C(NC(=O)c2cc3oc(F)cc3cn2)C2CCN1CC2. The van der Waals surface area contributed by atoms with Crippen molar-refractivity contribution in [1.29, 1.82) is 0 Å². The molecule has 0 aliphatic carbocycles. The lowest BCUT2D eigenvalue weighted by Gasteiger charge is -2.49. The van der Waals surface area contributed by atoms with Crippen LogP contribution in [0.3, 0.4) is 0 Å². The summed E-state index contributed by atoms with van der Waals surface area (Å²) < 4.78 is 18.0. The van der Waals surface area contributed by atoms with E-state index in [1.54, 1.807) is 0 Å². The van der Waals surface area contributed by atoms with Gasteiger partial charge in [-0.15, -0.1) is 0 Å². The summed E-state index contributed by atoms with van der Waals surface area (Å²) in [6.07, 6.45) is 3.73. The number of aromatic nitrogens is 1. The van der Waals surface area contributed by atoms with Gasteiger partial charge in [-0.1, -0.05) is 0 Å². The molecule has 2 unspecified atom stereocenters. The Kier molecular flexibility index (Phi) is 3.14. The van der Waals surface area contributed by atoms with Crippen molar-refractivity contribution in [1.82, 2.24) is 15.2 Å². The minimum absolute atomic E-state index is 0.154. The highest BCUT2D eigenvalue weighted by Crippen LogP contribution is 2.32. The van der Waals surface area contributed by atoms with Crippen molar-refractivity contribution < 1.29 is 13.6 Å². The second-order valence-electron chi connectivity index (χ2n) is 6.27. The molecule has 2 aromatic rings. The number of piperidine rings is 3. The van der Waals surface area contributed by atoms with Gasteiger partial charge in [-0.25, -0.2) is 0 Å². The van der Waals surface area contributed by atoms with Crippen molar-refractivity contribution >= 4 is 16.9 Å². The molecule has 0 radical (unpaired) electrons. The van der Waals surface area contributed by atoms with Crippen LogP contribution in [-0.2, 0) is 0 Å². The number of nitrogens with one attached hydrogen (secondary N) is 1. The van der Waals surface area contributed by atoms with Crippen molar-refractivity contribution in [3.05, 3.63) is 30.0 Å². The summed E-state index contributed by atoms with van der Waals surface area (Å²) in [7, 11) is 0. The normalized spacial score (nSPS) is 30.6. The Bertz CT molecular complexity index is 719. The Morgan fingerprint density at radius 2 is 2.18 bits per heavy atom. The van der Waals surface area contributed by atoms with E-state index < -0.39 is 6.01 Å². The summed E-state index contributed by atoms with van der Waals surface area (Å²) in [5.41, 5.74) is 0.616. The molecular formula is C16H18FN3O2. The number of hydrogen-bond donors (Lipinski definition) is 1. The van der Waals surface area contributed by atoms with E-state index in [0.29, 0.717) is 22.9 Å². The molecule has 1 N–H and O–H groups in total. The Morgan fingerprint density at radius 3 is 2.91 bits per heavy atom. The number of rotatable bonds is 2. The second-order valence-corrected chi connectivity index (χ2v) is 6.27. The summed E-state index contributed by atoms with van der Waals surface area (Å²) in [6, 6.07) is 2.60. The molecule has 5 nitrogen and oxygen atoms in total. The van der Waals surface area contributed by atoms with E-state index in [1.165, 1.54) is 18.3 Å². The lowest BCUT2D eigenvalue weighted by Crippen LogP contribution is -2.62. The van der Waals surface area contributed by atoms with Crippen molar-refractivity contribution in [2.24, 2.45) is 5.92 Å². The molecular weight excluding hydrogens is 285 g/mol. The highest BCUT2D eigenvalue weighted by molar-refractivity contribution is 5.95. The zero-order valence-corrected chi connectivity index (χ0v) is 12.4. The molecule has 116 valence electrons. The Hall–Kier alpha value is -1.95. The molecule has 2 atom stereocenters. The van der Waals surface area contributed by atoms with Crippen LogP contribution in [0.25, 0.3) is 11.0 Å². The zero-order chi connectivity index (χ0) is 15.3. The monoisotopic (exact) mass is 303 g/mol. The highest BCUT2D eigenvalue weighted by atomic mass is 19.1. The molecule has 22 heavy (non-hydrogen) atoms. The molecule has 0 aromatic carbocycles. The Morgan fingerprint density at radius 1 is 1.41 bits per heavy atom. The van der Waals surface area contributed by atoms with Gasteiger partial charge >= 0.3 is 0 Å². The van der Waals surface area contributed by atoms with Crippen LogP contribution in [0.4, 0.5) is 4.39 Å². The van der Waals surface area contributed by atoms with Crippen LogP contribution in [0.1, 0.15) is 30.3 Å². The lowest BCUT2D eigenvalue weighted by molar-refractivity contribution is 0.0216. The van der Waals surface area contributed by atoms with E-state index in [-0.39, 0.29) is 17.6 Å². The van der Waals surface area contributed by atoms with E-state index in [2.05, 4.69) is 22.1 Å². The highest BCUT2D eigenvalue weighted by Gasteiger charge is 2.40. The number of carbonyl (C=O) groups is 1. The number of fused-ring (bicyclic) bond motifs is 4. The predicted octanol–water partition coefficient (Wildman–Crippen LogP) is 2.18. The summed E-state index contributed by atoms with van der Waals surface area (Å²) in [5.74, 6) is 0.318. The summed E-state index contributed by atoms with van der Waals surface area (Å²) in [5, 5.41) is 3.67. The molecule has 6 heteroatoms. The maximum atomic E-state index is 13.1. The number of nitrogens with zero attached hydrogens (tertiary/aromatic N) is 2. The minimum atomic E-state index is -0.666. The maximum Gasteiger partial charge on any atom is 0.278 e. The average Bonchev–Trinajstić information content (AvgIpc) is 2.90. The fourth-order valence-electron chi connectivity index (χ4n) is 3.80. The van der Waals surface area contributed by atoms with Gasteiger partial charge in [-0.05, 0) is 38.8 Å². The van der Waals surface area contributed by atoms with Crippen LogP contribution in [0.2, 0.25) is 0 Å². The standard InChI is InChI=1S/C16H18FN3O2/c1-9-15(10-2-4-20(9)5-3-10)19-16(21)12-7-13-11(8-18-12)6-14(17)22-13/h6-10,15H,2-5H2,1H3,(H,19,21). The molecule has 3 saturated heterocycles. The smallest absolute Gasteiger partial charge is 0.278 e. The summed E-state index contributed by atoms with van der Waals surface area (Å²) in [6.45, 7) is 4.40. The fraction of sp³-hybridized carbons (Fsp3) is 0.500. The van der Waals surface area contributed by atoms with Gasteiger partial charge in [0, 0.05) is 35.8 Å². The van der Waals surface area contributed by atoms with E-state index in [1.807, 2.05) is 0 Å². The lowest BCUT2D eigenvalue weighted by atomic mass is 9.79. The van der Waals surface area contributed by atoms with Crippen molar-refractivity contribution in [3.8, 4) is 0 Å². The molecule has 5 rings (SSSR count). The van der Waals surface area contributed by atoms with Gasteiger partial charge < -0.3 is 9.73 Å². The minimum Gasteiger partial charge on any atom is -0.431 e. The van der Waals surface area contributed by atoms with Crippen LogP contribution in [0.5, 0.6) is 0 Å². The van der Waals surface area contributed by atoms with Gasteiger partial charge in [0.15, 0.2) is 0 Å². The van der Waals surface area contributed by atoms with E-state index in [4.69, 9.17) is 4.42 Å². The number of pyridine rings is 1. The van der Waals surface area contributed by atoms with Gasteiger partial charge in [-0.2, -0.15) is 4.39 Å². The Balaban J connectivity index is 1.55. The van der Waals surface area contributed by atoms with Gasteiger partial charge in [-0.3, -0.25) is 14.7 Å². The van der Waals surface area contributed by atoms with Crippen LogP contribution in [0.15, 0.2) is 22.7 Å². The first-order chi connectivity index (χ1) is 10.6. The molecule has 1 amide bonds. The Labute approximate surface area is 127 Å². The first kappa shape index (κ1) is 13.7. The molecule has 0 spiro atoms. The molecule has 3 aliphatic heterocycles. The van der Waals surface area contributed by atoms with Gasteiger partial charge in [0.1, 0.15) is 11.3 Å². The summed E-state index contributed by atoms with van der Waals surface area (Å²) in [4.78, 5) is 19.0. The molecule has 2 aromatic heterocycles. The average molecular weight is 303 g/mol. The van der Waals surface area contributed by atoms with Gasteiger partial charge in [0.05, 0.1) is 0 Å². The summed E-state index contributed by atoms with van der Waals surface area (Å²) >= 11 is 0. The maximum absolute atomic E-state index is 13.1. The van der Waals surface area contributed by atoms with Crippen LogP contribution in [-0.4, -0.2) is 41.0 Å². The third-order valence-electron chi connectivity index (χ3n) is 5.08. The molecule has 3 fully saturated rings. The zero-order valence-electron chi connectivity index (χ0n) is 12.4. The quantitative estimate of drug-likeness (QED) is 0.924. The first-order valence-electron chi connectivity index (χ1n) is 7.72. The van der Waals surface area contributed by atoms with E-state index in [9.17, 15) is 9.18 Å². The van der Waals surface area contributed by atoms with E-state index >= 15 is 0 Å².